The van der Waals surface area contributed by atoms with Crippen molar-refractivity contribution >= 4 is 0 Å². The maximum atomic E-state index is 10.1. The van der Waals surface area contributed by atoms with Gasteiger partial charge in [-0.15, -0.1) is 0 Å². The van der Waals surface area contributed by atoms with Crippen LogP contribution in [0.25, 0.3) is 0 Å². The molecule has 0 bridgehead atoms. The minimum Gasteiger partial charge on any atom is -0.393 e. The Hall–Kier alpha value is -0.860. The van der Waals surface area contributed by atoms with Crippen molar-refractivity contribution < 1.29 is 5.11 Å². The third-order valence-corrected chi connectivity index (χ3v) is 4.30. The summed E-state index contributed by atoms with van der Waals surface area (Å²) in [4.78, 5) is 2.63. The van der Waals surface area contributed by atoms with Crippen molar-refractivity contribution in [3.63, 3.8) is 0 Å². The van der Waals surface area contributed by atoms with Gasteiger partial charge in [0.25, 0.3) is 0 Å². The molecule has 0 radical (unpaired) electrons. The topological polar surface area (TPSA) is 23.5 Å². The summed E-state index contributed by atoms with van der Waals surface area (Å²) in [5, 5.41) is 10.1. The SMILES string of the molecule is OC1CC2CCCCN2C(c2ccccc2)C1. The van der Waals surface area contributed by atoms with Gasteiger partial charge < -0.3 is 5.11 Å². The minimum absolute atomic E-state index is 0.112. The van der Waals surface area contributed by atoms with Gasteiger partial charge in [-0.05, 0) is 37.8 Å². The summed E-state index contributed by atoms with van der Waals surface area (Å²) in [6, 6.07) is 11.7. The van der Waals surface area contributed by atoms with E-state index in [1.165, 1.54) is 31.4 Å². The van der Waals surface area contributed by atoms with E-state index in [-0.39, 0.29) is 6.10 Å². The molecule has 2 saturated heterocycles. The number of aliphatic hydroxyl groups is 1. The average molecular weight is 231 g/mol. The Morgan fingerprint density at radius 2 is 1.88 bits per heavy atom. The first kappa shape index (κ1) is 11.2. The maximum absolute atomic E-state index is 10.1. The van der Waals surface area contributed by atoms with E-state index in [0.717, 1.165) is 12.8 Å². The van der Waals surface area contributed by atoms with Crippen molar-refractivity contribution in [2.24, 2.45) is 0 Å². The maximum Gasteiger partial charge on any atom is 0.0573 e. The number of benzene rings is 1. The predicted octanol–water partition coefficient (Wildman–Crippen LogP) is 2.74. The number of fused-ring (bicyclic) bond motifs is 1. The lowest BCUT2D eigenvalue weighted by Crippen LogP contribution is -2.48. The molecule has 92 valence electrons. The highest BCUT2D eigenvalue weighted by molar-refractivity contribution is 5.20. The normalized spacial score (nSPS) is 34.3. The molecule has 3 atom stereocenters. The highest BCUT2D eigenvalue weighted by Crippen LogP contribution is 2.38. The number of hydrogen-bond acceptors (Lipinski definition) is 2. The fraction of sp³-hybridized carbons (Fsp3) is 0.600. The lowest BCUT2D eigenvalue weighted by atomic mass is 9.84. The van der Waals surface area contributed by atoms with E-state index in [1.54, 1.807) is 0 Å². The number of piperidine rings is 2. The smallest absolute Gasteiger partial charge is 0.0573 e. The zero-order valence-corrected chi connectivity index (χ0v) is 10.3. The van der Waals surface area contributed by atoms with Gasteiger partial charge in [0.15, 0.2) is 0 Å². The van der Waals surface area contributed by atoms with Crippen LogP contribution in [0.5, 0.6) is 0 Å². The van der Waals surface area contributed by atoms with Crippen molar-refractivity contribution in [3.8, 4) is 0 Å². The second-order valence-corrected chi connectivity index (χ2v) is 5.44. The Labute approximate surface area is 103 Å². The Morgan fingerprint density at radius 1 is 1.06 bits per heavy atom. The fourth-order valence-corrected chi connectivity index (χ4v) is 3.49. The van der Waals surface area contributed by atoms with Crippen molar-refractivity contribution in [1.82, 2.24) is 4.90 Å². The van der Waals surface area contributed by atoms with Crippen LogP contribution in [0.4, 0.5) is 0 Å². The molecule has 2 fully saturated rings. The van der Waals surface area contributed by atoms with Gasteiger partial charge in [0.05, 0.1) is 6.10 Å². The van der Waals surface area contributed by atoms with E-state index in [2.05, 4.69) is 35.2 Å². The minimum atomic E-state index is -0.112. The number of rotatable bonds is 1. The molecule has 17 heavy (non-hydrogen) atoms. The van der Waals surface area contributed by atoms with Gasteiger partial charge in [0.1, 0.15) is 0 Å². The standard InChI is InChI=1S/C15H21NO/c17-14-10-13-8-4-5-9-16(13)15(11-14)12-6-2-1-3-7-12/h1-3,6-7,13-15,17H,4-5,8-11H2. The van der Waals surface area contributed by atoms with Crippen LogP contribution in [0.1, 0.15) is 43.7 Å². The third kappa shape index (κ3) is 2.24. The average Bonchev–Trinajstić information content (AvgIpc) is 2.39. The molecule has 0 aliphatic carbocycles. The first-order chi connectivity index (χ1) is 8.34. The van der Waals surface area contributed by atoms with Crippen LogP contribution in [0.3, 0.4) is 0 Å². The van der Waals surface area contributed by atoms with Crippen molar-refractivity contribution in [3.05, 3.63) is 35.9 Å². The van der Waals surface area contributed by atoms with Gasteiger partial charge in [-0.2, -0.15) is 0 Å². The van der Waals surface area contributed by atoms with Gasteiger partial charge >= 0.3 is 0 Å². The first-order valence-corrected chi connectivity index (χ1v) is 6.83. The number of hydrogen-bond donors (Lipinski definition) is 1. The summed E-state index contributed by atoms with van der Waals surface area (Å²) in [5.74, 6) is 0. The van der Waals surface area contributed by atoms with Gasteiger partial charge in [-0.1, -0.05) is 36.8 Å². The van der Waals surface area contributed by atoms with E-state index >= 15 is 0 Å². The second kappa shape index (κ2) is 4.79. The molecule has 1 aromatic rings. The van der Waals surface area contributed by atoms with Crippen LogP contribution < -0.4 is 0 Å². The summed E-state index contributed by atoms with van der Waals surface area (Å²) < 4.78 is 0. The van der Waals surface area contributed by atoms with Gasteiger partial charge in [-0.3, -0.25) is 4.90 Å². The van der Waals surface area contributed by atoms with Crippen LogP contribution in [0.2, 0.25) is 0 Å². The monoisotopic (exact) mass is 231 g/mol. The second-order valence-electron chi connectivity index (χ2n) is 5.44. The molecule has 3 unspecified atom stereocenters. The van der Waals surface area contributed by atoms with Gasteiger partial charge in [0.2, 0.25) is 0 Å². The molecule has 0 spiro atoms. The molecule has 1 aromatic carbocycles. The fourth-order valence-electron chi connectivity index (χ4n) is 3.49. The Kier molecular flexibility index (Phi) is 3.17. The van der Waals surface area contributed by atoms with E-state index < -0.39 is 0 Å². The van der Waals surface area contributed by atoms with Crippen LogP contribution in [0.15, 0.2) is 30.3 Å². The van der Waals surface area contributed by atoms with Crippen molar-refractivity contribution in [2.75, 3.05) is 6.54 Å². The molecule has 2 nitrogen and oxygen atoms in total. The van der Waals surface area contributed by atoms with E-state index in [0.29, 0.717) is 12.1 Å². The molecule has 0 aromatic heterocycles. The van der Waals surface area contributed by atoms with Gasteiger partial charge in [-0.25, -0.2) is 0 Å². The third-order valence-electron chi connectivity index (χ3n) is 4.30. The number of aliphatic hydroxyl groups excluding tert-OH is 1. The summed E-state index contributed by atoms with van der Waals surface area (Å²) in [7, 11) is 0. The van der Waals surface area contributed by atoms with E-state index in [4.69, 9.17) is 0 Å². The van der Waals surface area contributed by atoms with Crippen molar-refractivity contribution in [1.29, 1.82) is 0 Å². The molecule has 3 rings (SSSR count). The molecular formula is C15H21NO. The molecule has 2 heteroatoms. The predicted molar refractivity (Wildman–Crippen MR) is 68.8 cm³/mol. The molecular weight excluding hydrogens is 210 g/mol. The van der Waals surface area contributed by atoms with Crippen LogP contribution in [-0.2, 0) is 0 Å². The largest absolute Gasteiger partial charge is 0.393 e. The molecule has 2 heterocycles. The highest BCUT2D eigenvalue weighted by atomic mass is 16.3. The van der Waals surface area contributed by atoms with Crippen LogP contribution in [0, 0.1) is 0 Å². The number of nitrogens with zero attached hydrogens (tertiary/aromatic N) is 1. The van der Waals surface area contributed by atoms with Crippen LogP contribution in [-0.4, -0.2) is 28.7 Å². The van der Waals surface area contributed by atoms with Crippen LogP contribution >= 0.6 is 0 Å². The van der Waals surface area contributed by atoms with E-state index in [1.807, 2.05) is 0 Å². The molecule has 0 amide bonds. The Morgan fingerprint density at radius 3 is 2.71 bits per heavy atom. The zero-order valence-electron chi connectivity index (χ0n) is 10.3. The Bertz CT molecular complexity index is 364. The first-order valence-electron chi connectivity index (χ1n) is 6.83. The lowest BCUT2D eigenvalue weighted by Gasteiger charge is -2.46. The highest BCUT2D eigenvalue weighted by Gasteiger charge is 2.36. The molecule has 2 aliphatic rings. The molecule has 1 N–H and O–H groups in total. The summed E-state index contributed by atoms with van der Waals surface area (Å²) >= 11 is 0. The molecule has 2 aliphatic heterocycles. The zero-order chi connectivity index (χ0) is 11.7. The van der Waals surface area contributed by atoms with Gasteiger partial charge in [0, 0.05) is 12.1 Å². The van der Waals surface area contributed by atoms with E-state index in [9.17, 15) is 5.11 Å². The summed E-state index contributed by atoms with van der Waals surface area (Å²) in [5.41, 5.74) is 1.37. The quantitative estimate of drug-likeness (QED) is 0.803. The lowest BCUT2D eigenvalue weighted by molar-refractivity contribution is -0.0179. The summed E-state index contributed by atoms with van der Waals surface area (Å²) in [6.07, 6.45) is 5.68. The van der Waals surface area contributed by atoms with Crippen molar-refractivity contribution in [2.45, 2.75) is 50.3 Å². The Balaban J connectivity index is 1.86. The molecule has 0 saturated carbocycles. The summed E-state index contributed by atoms with van der Waals surface area (Å²) in [6.45, 7) is 1.21.